The van der Waals surface area contributed by atoms with Gasteiger partial charge in [-0.25, -0.2) is 14.0 Å². The standard InChI is InChI=1S/C30H32FN3O12P2.C6H15N/c1-16-12-33(25-22(31)11-20-24(28(25)44-2)34(18-5-6-18)13-21(26(20)35)29(36)37)10-9-32(16)14-23-27(46-30(38)45-23)17-3-7-19(8-4-17)47(39,40)15-48(41,42)43;1-4-7(5-2)6-3/h3-4,7-8,11,13,16,18H,5-6,9-10,12,14-15H2,1-2H3,(H,36,37)(H,39,40)(H2,41,42,43);4-6H2,1-3H3. The van der Waals surface area contributed by atoms with Crippen molar-refractivity contribution < 1.29 is 51.7 Å². The third-order valence-electron chi connectivity index (χ3n) is 9.90. The fourth-order valence-electron chi connectivity index (χ4n) is 6.82. The number of carbonyl (C=O) groups is 1. The van der Waals surface area contributed by atoms with E-state index in [4.69, 9.17) is 23.4 Å². The maximum absolute atomic E-state index is 15.8. The number of hydrogen-bond acceptors (Lipinski definition) is 11. The van der Waals surface area contributed by atoms with Crippen LogP contribution >= 0.6 is 15.0 Å². The minimum absolute atomic E-state index is 0.0444. The van der Waals surface area contributed by atoms with Gasteiger partial charge in [-0.3, -0.25) is 18.8 Å². The molecule has 1 saturated heterocycles. The Balaban J connectivity index is 0.000000757. The van der Waals surface area contributed by atoms with Gasteiger partial charge in [0.2, 0.25) is 12.8 Å². The van der Waals surface area contributed by atoms with Crippen molar-refractivity contribution in [2.24, 2.45) is 0 Å². The van der Waals surface area contributed by atoms with Gasteiger partial charge in [-0.05, 0) is 57.6 Å². The van der Waals surface area contributed by atoms with Crippen molar-refractivity contribution in [3.05, 3.63) is 74.5 Å². The van der Waals surface area contributed by atoms with Crippen LogP contribution < -0.4 is 26.2 Å². The Hall–Kier alpha value is -4.08. The summed E-state index contributed by atoms with van der Waals surface area (Å²) in [4.78, 5) is 71.6. The number of piperazine rings is 1. The molecule has 2 aliphatic rings. The van der Waals surface area contributed by atoms with Gasteiger partial charge in [-0.2, -0.15) is 0 Å². The van der Waals surface area contributed by atoms with Crippen molar-refractivity contribution in [1.29, 1.82) is 0 Å². The molecule has 4 aromatic rings. The summed E-state index contributed by atoms with van der Waals surface area (Å²) in [7, 11) is -7.75. The van der Waals surface area contributed by atoms with Crippen LogP contribution in [-0.4, -0.2) is 98.4 Å². The summed E-state index contributed by atoms with van der Waals surface area (Å²) >= 11 is 0. The molecule has 0 amide bonds. The Morgan fingerprint density at radius 1 is 1.02 bits per heavy atom. The Morgan fingerprint density at radius 3 is 2.16 bits per heavy atom. The van der Waals surface area contributed by atoms with E-state index in [-0.39, 0.29) is 52.3 Å². The summed E-state index contributed by atoms with van der Waals surface area (Å²) in [5, 5.41) is 9.34. The molecule has 3 heterocycles. The van der Waals surface area contributed by atoms with Crippen LogP contribution in [0.15, 0.2) is 55.0 Å². The molecule has 55 heavy (non-hydrogen) atoms. The Morgan fingerprint density at radius 2 is 1.65 bits per heavy atom. The molecule has 2 aromatic carbocycles. The number of aromatic carboxylic acids is 1. The number of anilines is 1. The summed E-state index contributed by atoms with van der Waals surface area (Å²) in [5.74, 6) is -3.94. The maximum Gasteiger partial charge on any atom is 0.519 e. The first kappa shape index (κ1) is 42.1. The summed E-state index contributed by atoms with van der Waals surface area (Å²) in [6.45, 7) is 13.1. The van der Waals surface area contributed by atoms with Gasteiger partial charge in [0.15, 0.2) is 23.1 Å². The Kier molecular flexibility index (Phi) is 13.0. The van der Waals surface area contributed by atoms with Crippen molar-refractivity contribution in [2.45, 2.75) is 59.2 Å². The molecule has 2 fully saturated rings. The van der Waals surface area contributed by atoms with Crippen LogP contribution in [0.3, 0.4) is 0 Å². The molecule has 0 spiro atoms. The molecular formula is C36H47FN4O12P2. The number of hydrogen-bond donors (Lipinski definition) is 4. The lowest BCUT2D eigenvalue weighted by Crippen LogP contribution is -2.51. The molecule has 6 rings (SSSR count). The molecule has 1 saturated carbocycles. The molecule has 1 aliphatic heterocycles. The number of halogens is 1. The van der Waals surface area contributed by atoms with Crippen molar-refractivity contribution in [3.8, 4) is 17.1 Å². The first-order valence-electron chi connectivity index (χ1n) is 17.9. The topological polar surface area (TPSA) is 216 Å². The number of carboxylic acids is 1. The van der Waals surface area contributed by atoms with E-state index < -0.39 is 49.5 Å². The summed E-state index contributed by atoms with van der Waals surface area (Å²) in [5.41, 5.74) is -0.437. The zero-order valence-electron chi connectivity index (χ0n) is 31.3. The van der Waals surface area contributed by atoms with Gasteiger partial charge >= 0.3 is 19.4 Å². The number of rotatable bonds is 13. The Labute approximate surface area is 316 Å². The molecule has 0 bridgehead atoms. The largest absolute Gasteiger partial charge is 0.519 e. The third kappa shape index (κ3) is 9.49. The van der Waals surface area contributed by atoms with Crippen LogP contribution in [0.5, 0.6) is 5.75 Å². The van der Waals surface area contributed by atoms with Crippen molar-refractivity contribution in [1.82, 2.24) is 14.4 Å². The molecule has 2 unspecified atom stereocenters. The molecule has 0 radical (unpaired) electrons. The molecule has 19 heteroatoms. The van der Waals surface area contributed by atoms with Crippen LogP contribution in [0.2, 0.25) is 0 Å². The number of methoxy groups -OCH3 is 1. The van der Waals surface area contributed by atoms with Crippen molar-refractivity contribution in [2.75, 3.05) is 57.2 Å². The predicted octanol–water partition coefficient (Wildman–Crippen LogP) is 4.49. The quantitative estimate of drug-likeness (QED) is 0.137. The van der Waals surface area contributed by atoms with E-state index in [9.17, 15) is 33.5 Å². The summed E-state index contributed by atoms with van der Waals surface area (Å²) in [6.07, 6.45) is 2.85. The van der Waals surface area contributed by atoms with Gasteiger partial charge in [-0.15, -0.1) is 0 Å². The average molecular weight is 809 g/mol. The van der Waals surface area contributed by atoms with Crippen molar-refractivity contribution in [3.63, 3.8) is 0 Å². The molecule has 1 aliphatic carbocycles. The van der Waals surface area contributed by atoms with Gasteiger partial charge < -0.3 is 47.7 Å². The highest BCUT2D eigenvalue weighted by atomic mass is 31.2. The lowest BCUT2D eigenvalue weighted by atomic mass is 10.1. The minimum atomic E-state index is -4.77. The number of aromatic nitrogens is 1. The molecule has 16 nitrogen and oxygen atoms in total. The lowest BCUT2D eigenvalue weighted by Gasteiger charge is -2.41. The van der Waals surface area contributed by atoms with Crippen LogP contribution in [0.1, 0.15) is 62.7 Å². The highest BCUT2D eigenvalue weighted by Crippen LogP contribution is 2.54. The van der Waals surface area contributed by atoms with E-state index in [1.807, 2.05) is 11.8 Å². The predicted molar refractivity (Wildman–Crippen MR) is 205 cm³/mol. The van der Waals surface area contributed by atoms with Gasteiger partial charge in [0.1, 0.15) is 17.2 Å². The fourth-order valence-corrected chi connectivity index (χ4v) is 10.1. The summed E-state index contributed by atoms with van der Waals surface area (Å²) in [6, 6.07) is 6.00. The number of carboxylic acid groups (broad SMARTS) is 1. The first-order chi connectivity index (χ1) is 25.9. The molecule has 4 N–H and O–H groups in total. The molecule has 300 valence electrons. The van der Waals surface area contributed by atoms with E-state index in [1.54, 1.807) is 9.47 Å². The highest BCUT2D eigenvalue weighted by Gasteiger charge is 2.35. The van der Waals surface area contributed by atoms with Crippen LogP contribution in [0.4, 0.5) is 10.1 Å². The fraction of sp³-hybridized carbons (Fsp3) is 0.472. The monoisotopic (exact) mass is 808 g/mol. The second-order valence-electron chi connectivity index (χ2n) is 13.6. The van der Waals surface area contributed by atoms with Gasteiger partial charge in [0.25, 0.3) is 0 Å². The zero-order chi connectivity index (χ0) is 40.4. The van der Waals surface area contributed by atoms with Crippen LogP contribution in [0, 0.1) is 5.82 Å². The normalized spacial score (nSPS) is 17.6. The highest BCUT2D eigenvalue weighted by molar-refractivity contribution is 7.77. The minimum Gasteiger partial charge on any atom is -0.492 e. The number of ether oxygens (including phenoxy) is 1. The second-order valence-corrected chi connectivity index (χ2v) is 18.0. The number of pyridine rings is 1. The van der Waals surface area contributed by atoms with E-state index in [2.05, 4.69) is 25.7 Å². The van der Waals surface area contributed by atoms with E-state index in [1.165, 1.54) is 57.2 Å². The SMILES string of the molecule is CCN(CC)CC.COc1c(N2CCN(Cc3oc(=O)oc3-c3ccc(P(=O)(O)CP(=O)(O)O)cc3)C(C)C2)c(F)cc2c(=O)c(C(=O)O)cn(C3CC3)c12. The van der Waals surface area contributed by atoms with E-state index in [0.29, 0.717) is 30.7 Å². The Bertz CT molecular complexity index is 2240. The lowest BCUT2D eigenvalue weighted by molar-refractivity contribution is 0.0694. The third-order valence-corrected chi connectivity index (χ3v) is 14.0. The van der Waals surface area contributed by atoms with Gasteiger partial charge in [-0.1, -0.05) is 32.9 Å². The van der Waals surface area contributed by atoms with Gasteiger partial charge in [0.05, 0.1) is 24.6 Å². The van der Waals surface area contributed by atoms with Crippen molar-refractivity contribution >= 4 is 42.8 Å². The van der Waals surface area contributed by atoms with Gasteiger partial charge in [0, 0.05) is 48.8 Å². The maximum atomic E-state index is 15.8. The number of fused-ring (bicyclic) bond motifs is 1. The average Bonchev–Trinajstić information content (AvgIpc) is 3.90. The first-order valence-corrected chi connectivity index (χ1v) is 21.6. The number of nitrogens with zero attached hydrogens (tertiary/aromatic N) is 4. The van der Waals surface area contributed by atoms with Crippen LogP contribution in [-0.2, 0) is 15.7 Å². The number of benzene rings is 2. The van der Waals surface area contributed by atoms with E-state index >= 15 is 4.39 Å². The van der Waals surface area contributed by atoms with Crippen LogP contribution in [0.25, 0.3) is 22.2 Å². The second kappa shape index (κ2) is 17.0. The summed E-state index contributed by atoms with van der Waals surface area (Å²) < 4.78 is 57.7. The smallest absolute Gasteiger partial charge is 0.492 e. The molecular weight excluding hydrogens is 761 g/mol. The molecule has 2 aromatic heterocycles. The molecule has 2 atom stereocenters. The zero-order valence-corrected chi connectivity index (χ0v) is 33.1. The van der Waals surface area contributed by atoms with E-state index in [0.717, 1.165) is 18.9 Å².